The normalized spacial score (nSPS) is 10.8. The molecule has 0 saturated carbocycles. The molecule has 100 valence electrons. The highest BCUT2D eigenvalue weighted by molar-refractivity contribution is 5.93. The van der Waals surface area contributed by atoms with Crippen LogP contribution in [-0.4, -0.2) is 27.7 Å². The van der Waals surface area contributed by atoms with Crippen molar-refractivity contribution in [3.63, 3.8) is 0 Å². The van der Waals surface area contributed by atoms with E-state index in [1.54, 1.807) is 29.0 Å². The second-order valence-corrected chi connectivity index (χ2v) is 4.81. The molecule has 0 saturated heterocycles. The third-order valence-corrected chi connectivity index (χ3v) is 2.98. The van der Waals surface area contributed by atoms with Crippen LogP contribution >= 0.6 is 0 Å². The van der Waals surface area contributed by atoms with Crippen LogP contribution in [0.1, 0.15) is 13.8 Å². The number of carbonyl (C=O) groups is 1. The molecule has 5 heteroatoms. The molecule has 0 N–H and O–H groups in total. The number of hydrogen-bond acceptors (Lipinski definition) is 3. The van der Waals surface area contributed by atoms with Crippen molar-refractivity contribution in [2.24, 2.45) is 13.0 Å². The van der Waals surface area contributed by atoms with Crippen LogP contribution in [0.15, 0.2) is 30.6 Å². The third-order valence-electron chi connectivity index (χ3n) is 2.98. The Morgan fingerprint density at radius 2 is 2.16 bits per heavy atom. The van der Waals surface area contributed by atoms with Gasteiger partial charge in [-0.1, -0.05) is 13.8 Å². The molecule has 0 aliphatic carbocycles. The summed E-state index contributed by atoms with van der Waals surface area (Å²) in [6.45, 7) is 3.77. The van der Waals surface area contributed by atoms with E-state index in [0.717, 1.165) is 17.1 Å². The molecule has 0 aliphatic rings. The number of aryl methyl sites for hydroxylation is 1. The molecule has 2 aromatic heterocycles. The Bertz CT molecular complexity index is 574. The first-order chi connectivity index (χ1) is 9.00. The van der Waals surface area contributed by atoms with Crippen molar-refractivity contribution < 1.29 is 4.79 Å². The van der Waals surface area contributed by atoms with Crippen molar-refractivity contribution in [3.05, 3.63) is 30.6 Å². The average molecular weight is 258 g/mol. The van der Waals surface area contributed by atoms with Gasteiger partial charge in [0.2, 0.25) is 5.91 Å². The summed E-state index contributed by atoms with van der Waals surface area (Å²) in [4.78, 5) is 17.7. The first kappa shape index (κ1) is 13.3. The van der Waals surface area contributed by atoms with Crippen LogP contribution in [0, 0.1) is 5.92 Å². The van der Waals surface area contributed by atoms with E-state index in [2.05, 4.69) is 10.1 Å². The SMILES string of the molecule is CC(C)C(=O)N(C)c1cc(-c2cccnc2)nn1C. The summed E-state index contributed by atoms with van der Waals surface area (Å²) in [6.07, 6.45) is 3.48. The number of carbonyl (C=O) groups excluding carboxylic acids is 1. The zero-order chi connectivity index (χ0) is 14.0. The summed E-state index contributed by atoms with van der Waals surface area (Å²) < 4.78 is 1.71. The Hall–Kier alpha value is -2.17. The molecule has 0 radical (unpaired) electrons. The molecule has 0 bridgehead atoms. The minimum Gasteiger partial charge on any atom is -0.300 e. The molecule has 0 atom stereocenters. The smallest absolute Gasteiger partial charge is 0.230 e. The lowest BCUT2D eigenvalue weighted by Gasteiger charge is -2.18. The van der Waals surface area contributed by atoms with Gasteiger partial charge in [0, 0.05) is 44.0 Å². The van der Waals surface area contributed by atoms with Gasteiger partial charge in [0.15, 0.2) is 0 Å². The lowest BCUT2D eigenvalue weighted by Crippen LogP contribution is -2.31. The maximum atomic E-state index is 12.0. The Labute approximate surface area is 112 Å². The van der Waals surface area contributed by atoms with E-state index in [4.69, 9.17) is 0 Å². The van der Waals surface area contributed by atoms with Crippen molar-refractivity contribution in [1.29, 1.82) is 0 Å². The van der Waals surface area contributed by atoms with Crippen LogP contribution < -0.4 is 4.90 Å². The van der Waals surface area contributed by atoms with E-state index in [9.17, 15) is 4.79 Å². The lowest BCUT2D eigenvalue weighted by molar-refractivity contribution is -0.121. The lowest BCUT2D eigenvalue weighted by atomic mass is 10.2. The summed E-state index contributed by atoms with van der Waals surface area (Å²) in [5, 5.41) is 4.43. The van der Waals surface area contributed by atoms with Crippen molar-refractivity contribution in [1.82, 2.24) is 14.8 Å². The van der Waals surface area contributed by atoms with Crippen LogP contribution in [0.25, 0.3) is 11.3 Å². The Kier molecular flexibility index (Phi) is 3.64. The molecule has 1 amide bonds. The van der Waals surface area contributed by atoms with Crippen LogP contribution in [-0.2, 0) is 11.8 Å². The molecule has 0 aromatic carbocycles. The van der Waals surface area contributed by atoms with Crippen LogP contribution in [0.2, 0.25) is 0 Å². The number of anilines is 1. The minimum atomic E-state index is -0.0401. The Morgan fingerprint density at radius 3 is 2.74 bits per heavy atom. The highest BCUT2D eigenvalue weighted by Crippen LogP contribution is 2.23. The summed E-state index contributed by atoms with van der Waals surface area (Å²) in [5.74, 6) is 0.806. The third kappa shape index (κ3) is 2.65. The van der Waals surface area contributed by atoms with Gasteiger partial charge in [0.05, 0.1) is 5.69 Å². The van der Waals surface area contributed by atoms with E-state index < -0.39 is 0 Å². The van der Waals surface area contributed by atoms with Gasteiger partial charge in [0.25, 0.3) is 0 Å². The van der Waals surface area contributed by atoms with Gasteiger partial charge in [-0.15, -0.1) is 0 Å². The first-order valence-corrected chi connectivity index (χ1v) is 6.22. The minimum absolute atomic E-state index is 0.0401. The van der Waals surface area contributed by atoms with Gasteiger partial charge in [-0.05, 0) is 12.1 Å². The summed E-state index contributed by atoms with van der Waals surface area (Å²) in [5.41, 5.74) is 1.75. The fraction of sp³-hybridized carbons (Fsp3) is 0.357. The predicted octanol–water partition coefficient (Wildman–Crippen LogP) is 2.10. The summed E-state index contributed by atoms with van der Waals surface area (Å²) >= 11 is 0. The van der Waals surface area contributed by atoms with Crippen LogP contribution in [0.3, 0.4) is 0 Å². The number of aromatic nitrogens is 3. The second-order valence-electron chi connectivity index (χ2n) is 4.81. The Morgan fingerprint density at radius 1 is 1.42 bits per heavy atom. The van der Waals surface area contributed by atoms with E-state index in [1.807, 2.05) is 39.1 Å². The fourth-order valence-electron chi connectivity index (χ4n) is 1.93. The zero-order valence-electron chi connectivity index (χ0n) is 11.7. The number of hydrogen-bond donors (Lipinski definition) is 0. The highest BCUT2D eigenvalue weighted by atomic mass is 16.2. The van der Waals surface area contributed by atoms with E-state index >= 15 is 0 Å². The van der Waals surface area contributed by atoms with Crippen molar-refractivity contribution >= 4 is 11.7 Å². The number of nitrogens with zero attached hydrogens (tertiary/aromatic N) is 4. The molecule has 2 heterocycles. The van der Waals surface area contributed by atoms with Crippen molar-refractivity contribution in [2.45, 2.75) is 13.8 Å². The molecular formula is C14H18N4O. The first-order valence-electron chi connectivity index (χ1n) is 6.22. The van der Waals surface area contributed by atoms with E-state index in [0.29, 0.717) is 0 Å². The molecule has 0 unspecified atom stereocenters. The monoisotopic (exact) mass is 258 g/mol. The molecule has 0 fully saturated rings. The maximum Gasteiger partial charge on any atom is 0.230 e. The van der Waals surface area contributed by atoms with Crippen LogP contribution in [0.4, 0.5) is 5.82 Å². The van der Waals surface area contributed by atoms with Gasteiger partial charge in [-0.2, -0.15) is 5.10 Å². The predicted molar refractivity (Wildman–Crippen MR) is 74.7 cm³/mol. The average Bonchev–Trinajstić information content (AvgIpc) is 2.80. The van der Waals surface area contributed by atoms with E-state index in [1.165, 1.54) is 0 Å². The standard InChI is InChI=1S/C14H18N4O/c1-10(2)14(19)17(3)13-8-12(16-18(13)4)11-6-5-7-15-9-11/h5-10H,1-4H3. The van der Waals surface area contributed by atoms with Gasteiger partial charge >= 0.3 is 0 Å². The molecule has 2 aromatic rings. The van der Waals surface area contributed by atoms with Gasteiger partial charge in [0.1, 0.15) is 5.82 Å². The molecule has 5 nitrogen and oxygen atoms in total. The number of pyridine rings is 1. The summed E-state index contributed by atoms with van der Waals surface area (Å²) in [7, 11) is 3.60. The topological polar surface area (TPSA) is 51.0 Å². The van der Waals surface area contributed by atoms with E-state index in [-0.39, 0.29) is 11.8 Å². The molecule has 19 heavy (non-hydrogen) atoms. The van der Waals surface area contributed by atoms with Crippen molar-refractivity contribution in [3.8, 4) is 11.3 Å². The quantitative estimate of drug-likeness (QED) is 0.847. The molecular weight excluding hydrogens is 240 g/mol. The fourth-order valence-corrected chi connectivity index (χ4v) is 1.93. The second kappa shape index (κ2) is 5.22. The Balaban J connectivity index is 2.34. The number of amides is 1. The largest absolute Gasteiger partial charge is 0.300 e. The van der Waals surface area contributed by atoms with Gasteiger partial charge in [-0.3, -0.25) is 19.4 Å². The van der Waals surface area contributed by atoms with Crippen LogP contribution in [0.5, 0.6) is 0 Å². The van der Waals surface area contributed by atoms with Gasteiger partial charge < -0.3 is 0 Å². The molecule has 0 spiro atoms. The number of rotatable bonds is 3. The van der Waals surface area contributed by atoms with Crippen molar-refractivity contribution in [2.75, 3.05) is 11.9 Å². The highest BCUT2D eigenvalue weighted by Gasteiger charge is 2.18. The summed E-state index contributed by atoms with van der Waals surface area (Å²) in [6, 6.07) is 5.72. The zero-order valence-corrected chi connectivity index (χ0v) is 11.7. The molecule has 0 aliphatic heterocycles. The maximum absolute atomic E-state index is 12.0. The van der Waals surface area contributed by atoms with Gasteiger partial charge in [-0.25, -0.2) is 0 Å². The molecule has 2 rings (SSSR count).